The topological polar surface area (TPSA) is 18.5 Å². The zero-order valence-electron chi connectivity index (χ0n) is 12.4. The molecule has 1 aromatic carbocycles. The van der Waals surface area contributed by atoms with Gasteiger partial charge in [-0.05, 0) is 23.6 Å². The summed E-state index contributed by atoms with van der Waals surface area (Å²) in [5.41, 5.74) is 2.41. The molecule has 0 fully saturated rings. The third-order valence-electron chi connectivity index (χ3n) is 3.23. The fourth-order valence-corrected chi connectivity index (χ4v) is 4.40. The molecule has 19 heavy (non-hydrogen) atoms. The number of ether oxygens (including phenoxy) is 1. The minimum atomic E-state index is -1.24. The molecular formula is C16H26O2Si. The molecule has 106 valence electrons. The Morgan fingerprint density at radius 2 is 1.95 bits per heavy atom. The van der Waals surface area contributed by atoms with Crippen molar-refractivity contribution in [3.05, 3.63) is 42.0 Å². The number of hydrogen-bond donors (Lipinski definition) is 0. The first-order valence-corrected chi connectivity index (χ1v) is 9.22. The maximum Gasteiger partial charge on any atom is 0.203 e. The van der Waals surface area contributed by atoms with E-state index in [4.69, 9.17) is 9.16 Å². The van der Waals surface area contributed by atoms with Crippen molar-refractivity contribution in [1.29, 1.82) is 0 Å². The van der Waals surface area contributed by atoms with Crippen LogP contribution in [-0.2, 0) is 9.16 Å². The third-order valence-corrected chi connectivity index (χ3v) is 5.87. The molecule has 0 N–H and O–H groups in total. The van der Waals surface area contributed by atoms with E-state index in [1.807, 2.05) is 6.08 Å². The van der Waals surface area contributed by atoms with E-state index in [0.717, 1.165) is 18.2 Å². The minimum Gasteiger partial charge on any atom is -0.411 e. The first-order chi connectivity index (χ1) is 9.24. The molecule has 0 radical (unpaired) electrons. The second kappa shape index (κ2) is 9.07. The van der Waals surface area contributed by atoms with Crippen molar-refractivity contribution in [1.82, 2.24) is 0 Å². The van der Waals surface area contributed by atoms with E-state index in [0.29, 0.717) is 0 Å². The molecule has 0 heterocycles. The number of methoxy groups -OCH3 is 1. The standard InChI is InChI=1S/C16H26O2Si/c1-5-12-19(13-17-4)18-16(7-3)15-10-8-14(6-2)9-11-15/h6,8-11,16,19H,2,5,7,12-13H2,1,3-4H3. The second-order valence-corrected chi connectivity index (χ2v) is 7.20. The van der Waals surface area contributed by atoms with Crippen molar-refractivity contribution in [2.75, 3.05) is 13.3 Å². The van der Waals surface area contributed by atoms with Gasteiger partial charge in [0.25, 0.3) is 0 Å². The molecular weight excluding hydrogens is 252 g/mol. The maximum atomic E-state index is 6.33. The molecule has 1 rings (SSSR count). The molecule has 2 atom stereocenters. The Labute approximate surface area is 119 Å². The minimum absolute atomic E-state index is 0.206. The molecule has 2 unspecified atom stereocenters. The van der Waals surface area contributed by atoms with Crippen LogP contribution in [0.4, 0.5) is 0 Å². The lowest BCUT2D eigenvalue weighted by Gasteiger charge is -2.23. The van der Waals surface area contributed by atoms with Crippen LogP contribution >= 0.6 is 0 Å². The summed E-state index contributed by atoms with van der Waals surface area (Å²) in [7, 11) is 0.522. The van der Waals surface area contributed by atoms with Crippen LogP contribution in [0.3, 0.4) is 0 Å². The van der Waals surface area contributed by atoms with E-state index < -0.39 is 9.04 Å². The van der Waals surface area contributed by atoms with E-state index in [9.17, 15) is 0 Å². The number of hydrogen-bond acceptors (Lipinski definition) is 2. The highest BCUT2D eigenvalue weighted by Crippen LogP contribution is 2.23. The van der Waals surface area contributed by atoms with Crippen LogP contribution in [0.15, 0.2) is 30.8 Å². The number of rotatable bonds is 9. The van der Waals surface area contributed by atoms with Crippen molar-refractivity contribution in [2.45, 2.75) is 38.8 Å². The van der Waals surface area contributed by atoms with Crippen LogP contribution in [0, 0.1) is 0 Å². The molecule has 0 aromatic heterocycles. The average molecular weight is 278 g/mol. The van der Waals surface area contributed by atoms with Crippen molar-refractivity contribution in [2.24, 2.45) is 0 Å². The third kappa shape index (κ3) is 5.31. The normalized spacial score (nSPS) is 14.1. The molecule has 0 saturated heterocycles. The smallest absolute Gasteiger partial charge is 0.203 e. The Hall–Kier alpha value is -0.903. The maximum absolute atomic E-state index is 6.33. The van der Waals surface area contributed by atoms with Gasteiger partial charge in [0.15, 0.2) is 0 Å². The van der Waals surface area contributed by atoms with Crippen LogP contribution in [0.5, 0.6) is 0 Å². The molecule has 3 heteroatoms. The molecule has 0 aliphatic carbocycles. The Morgan fingerprint density at radius 3 is 2.42 bits per heavy atom. The Morgan fingerprint density at radius 1 is 1.26 bits per heavy atom. The van der Waals surface area contributed by atoms with E-state index in [1.54, 1.807) is 7.11 Å². The van der Waals surface area contributed by atoms with E-state index in [-0.39, 0.29) is 6.10 Å². The fraction of sp³-hybridized carbons (Fsp3) is 0.500. The summed E-state index contributed by atoms with van der Waals surface area (Å²) in [5, 5.41) is 0. The van der Waals surface area contributed by atoms with Gasteiger partial charge in [-0.2, -0.15) is 0 Å². The number of benzene rings is 1. The van der Waals surface area contributed by atoms with Gasteiger partial charge in [-0.3, -0.25) is 0 Å². The summed E-state index contributed by atoms with van der Waals surface area (Å²) in [6, 6.07) is 9.67. The van der Waals surface area contributed by atoms with Crippen LogP contribution in [0.25, 0.3) is 6.08 Å². The summed E-state index contributed by atoms with van der Waals surface area (Å²) < 4.78 is 11.6. The zero-order chi connectivity index (χ0) is 14.1. The first kappa shape index (κ1) is 16.2. The fourth-order valence-electron chi connectivity index (χ4n) is 2.19. The van der Waals surface area contributed by atoms with Gasteiger partial charge in [0, 0.05) is 7.11 Å². The summed E-state index contributed by atoms with van der Waals surface area (Å²) in [6.07, 6.45) is 5.05. The predicted molar refractivity (Wildman–Crippen MR) is 84.8 cm³/mol. The monoisotopic (exact) mass is 278 g/mol. The van der Waals surface area contributed by atoms with Gasteiger partial charge in [0.1, 0.15) is 0 Å². The van der Waals surface area contributed by atoms with E-state index >= 15 is 0 Å². The Balaban J connectivity index is 2.71. The van der Waals surface area contributed by atoms with Crippen molar-refractivity contribution >= 4 is 15.1 Å². The van der Waals surface area contributed by atoms with Crippen LogP contribution < -0.4 is 0 Å². The van der Waals surface area contributed by atoms with Crippen molar-refractivity contribution in [3.8, 4) is 0 Å². The van der Waals surface area contributed by atoms with Crippen molar-refractivity contribution in [3.63, 3.8) is 0 Å². The van der Waals surface area contributed by atoms with Gasteiger partial charge >= 0.3 is 0 Å². The lowest BCUT2D eigenvalue weighted by molar-refractivity contribution is 0.167. The van der Waals surface area contributed by atoms with Gasteiger partial charge in [-0.1, -0.05) is 57.2 Å². The molecule has 0 spiro atoms. The van der Waals surface area contributed by atoms with Gasteiger partial charge in [-0.25, -0.2) is 0 Å². The summed E-state index contributed by atoms with van der Waals surface area (Å²) >= 11 is 0. The molecule has 1 aromatic rings. The average Bonchev–Trinajstić information content (AvgIpc) is 2.45. The van der Waals surface area contributed by atoms with E-state index in [1.165, 1.54) is 18.0 Å². The summed E-state index contributed by atoms with van der Waals surface area (Å²) in [6.45, 7) is 8.17. The largest absolute Gasteiger partial charge is 0.411 e. The van der Waals surface area contributed by atoms with Crippen LogP contribution in [-0.4, -0.2) is 22.4 Å². The highest BCUT2D eigenvalue weighted by Gasteiger charge is 2.18. The summed E-state index contributed by atoms with van der Waals surface area (Å²) in [4.78, 5) is 0. The van der Waals surface area contributed by atoms with Crippen LogP contribution in [0.2, 0.25) is 6.04 Å². The van der Waals surface area contributed by atoms with Crippen LogP contribution in [0.1, 0.15) is 43.9 Å². The molecule has 0 bridgehead atoms. The highest BCUT2D eigenvalue weighted by atomic mass is 28.3. The van der Waals surface area contributed by atoms with Crippen molar-refractivity contribution < 1.29 is 9.16 Å². The van der Waals surface area contributed by atoms with Gasteiger partial charge < -0.3 is 9.16 Å². The molecule has 2 nitrogen and oxygen atoms in total. The predicted octanol–water partition coefficient (Wildman–Crippen LogP) is 4.12. The lowest BCUT2D eigenvalue weighted by atomic mass is 10.1. The molecule has 0 amide bonds. The SMILES string of the molecule is C=Cc1ccc(C(CC)O[SiH](CCC)COC)cc1. The highest BCUT2D eigenvalue weighted by molar-refractivity contribution is 6.51. The molecule has 0 saturated carbocycles. The van der Waals surface area contributed by atoms with Gasteiger partial charge in [0.05, 0.1) is 12.3 Å². The van der Waals surface area contributed by atoms with E-state index in [2.05, 4.69) is 44.7 Å². The van der Waals surface area contributed by atoms with Gasteiger partial charge in [-0.15, -0.1) is 0 Å². The quantitative estimate of drug-likeness (QED) is 0.633. The van der Waals surface area contributed by atoms with Gasteiger partial charge in [0.2, 0.25) is 9.04 Å². The molecule has 0 aliphatic rings. The zero-order valence-corrected chi connectivity index (χ0v) is 13.5. The summed E-state index contributed by atoms with van der Waals surface area (Å²) in [5.74, 6) is 0. The second-order valence-electron chi connectivity index (χ2n) is 4.77. The Kier molecular flexibility index (Phi) is 7.71. The first-order valence-electron chi connectivity index (χ1n) is 7.11. The molecule has 0 aliphatic heterocycles. The Bertz CT molecular complexity index is 356. The lowest BCUT2D eigenvalue weighted by Crippen LogP contribution is -2.26.